The molecule has 4 amide bonds. The molecule has 0 saturated carbocycles. The summed E-state index contributed by atoms with van der Waals surface area (Å²) in [7, 11) is 1.56. The van der Waals surface area contributed by atoms with Gasteiger partial charge in [-0.25, -0.2) is 14.9 Å². The van der Waals surface area contributed by atoms with E-state index in [0.29, 0.717) is 52.9 Å². The standard InChI is InChI=1S/C45H47N9O8/c1-28(55)46-27-41(58)54(45-50-40-16-10-34(26-38(40)43(52-45)62-24-23-59-4)32-7-13-36(14-8-32)48-30(3)57)44-49-39-15-9-33(31-5-11-35(12-6-31)47-29(2)56)25-37(39)42(51-44)61-22-19-53-17-20-60-21-18-53/h5-16,25-26H,17-24,27H2,1-4H3,(H,46,55)(H,47,56)(H,48,57). The van der Waals surface area contributed by atoms with Crippen LogP contribution in [-0.4, -0.2) is 115 Å². The van der Waals surface area contributed by atoms with E-state index >= 15 is 0 Å². The number of methoxy groups -OCH3 is 1. The van der Waals surface area contributed by atoms with Crippen molar-refractivity contribution in [3.05, 3.63) is 84.9 Å². The van der Waals surface area contributed by atoms with E-state index in [2.05, 4.69) is 20.9 Å². The first kappa shape index (κ1) is 43.0. The number of rotatable bonds is 16. The van der Waals surface area contributed by atoms with Crippen molar-refractivity contribution < 1.29 is 38.1 Å². The summed E-state index contributed by atoms with van der Waals surface area (Å²) in [6.07, 6.45) is 0. The highest BCUT2D eigenvalue weighted by Crippen LogP contribution is 2.35. The number of morpholine rings is 1. The highest BCUT2D eigenvalue weighted by atomic mass is 16.5. The number of nitrogens with one attached hydrogen (secondary N) is 3. The van der Waals surface area contributed by atoms with E-state index in [1.807, 2.05) is 78.9 Å². The molecular weight excluding hydrogens is 795 g/mol. The molecule has 320 valence electrons. The van der Waals surface area contributed by atoms with Crippen molar-refractivity contribution in [1.82, 2.24) is 30.2 Å². The summed E-state index contributed by atoms with van der Waals surface area (Å²) < 4.78 is 23.4. The van der Waals surface area contributed by atoms with Gasteiger partial charge in [-0.3, -0.25) is 24.1 Å². The molecule has 6 aromatic rings. The maximum absolute atomic E-state index is 14.3. The normalized spacial score (nSPS) is 12.8. The van der Waals surface area contributed by atoms with Gasteiger partial charge in [0, 0.05) is 58.9 Å². The molecule has 4 aromatic carbocycles. The van der Waals surface area contributed by atoms with Crippen LogP contribution in [0.1, 0.15) is 20.8 Å². The molecule has 0 atom stereocenters. The van der Waals surface area contributed by atoms with Crippen molar-refractivity contribution in [2.45, 2.75) is 20.8 Å². The van der Waals surface area contributed by atoms with Gasteiger partial charge in [0.15, 0.2) is 0 Å². The summed E-state index contributed by atoms with van der Waals surface area (Å²) in [6, 6.07) is 26.0. The average molecular weight is 842 g/mol. The van der Waals surface area contributed by atoms with Crippen LogP contribution in [0, 0.1) is 0 Å². The summed E-state index contributed by atoms with van der Waals surface area (Å²) in [4.78, 5) is 72.3. The van der Waals surface area contributed by atoms with Crippen LogP contribution in [0.3, 0.4) is 0 Å². The van der Waals surface area contributed by atoms with Crippen molar-refractivity contribution in [3.8, 4) is 34.0 Å². The van der Waals surface area contributed by atoms with Gasteiger partial charge >= 0.3 is 0 Å². The second-order valence-electron chi connectivity index (χ2n) is 14.4. The third-order valence-electron chi connectivity index (χ3n) is 9.79. The zero-order chi connectivity index (χ0) is 43.6. The van der Waals surface area contributed by atoms with Gasteiger partial charge in [0.2, 0.25) is 41.4 Å². The summed E-state index contributed by atoms with van der Waals surface area (Å²) in [5.41, 5.74) is 5.69. The average Bonchev–Trinajstić information content (AvgIpc) is 3.26. The molecule has 0 spiro atoms. The predicted molar refractivity (Wildman–Crippen MR) is 235 cm³/mol. The highest BCUT2D eigenvalue weighted by Gasteiger charge is 2.28. The Morgan fingerprint density at radius 3 is 1.58 bits per heavy atom. The molecule has 0 bridgehead atoms. The number of ether oxygens (including phenoxy) is 4. The van der Waals surface area contributed by atoms with Crippen molar-refractivity contribution in [1.29, 1.82) is 0 Å². The Morgan fingerprint density at radius 2 is 1.11 bits per heavy atom. The van der Waals surface area contributed by atoms with Crippen LogP contribution in [0.15, 0.2) is 84.9 Å². The molecule has 17 heteroatoms. The van der Waals surface area contributed by atoms with E-state index in [0.717, 1.165) is 40.2 Å². The number of fused-ring (bicyclic) bond motifs is 2. The first-order chi connectivity index (χ1) is 30.0. The Hall–Kier alpha value is -7.08. The van der Waals surface area contributed by atoms with Gasteiger partial charge in [-0.2, -0.15) is 9.97 Å². The predicted octanol–water partition coefficient (Wildman–Crippen LogP) is 5.36. The number of anilines is 4. The number of carbonyl (C=O) groups is 4. The topological polar surface area (TPSA) is 199 Å². The monoisotopic (exact) mass is 841 g/mol. The quantitative estimate of drug-likeness (QED) is 0.105. The number of benzene rings is 4. The number of aromatic nitrogens is 4. The Morgan fingerprint density at radius 1 is 0.629 bits per heavy atom. The fourth-order valence-electron chi connectivity index (χ4n) is 6.76. The van der Waals surface area contributed by atoms with Crippen LogP contribution < -0.4 is 30.3 Å². The smallest absolute Gasteiger partial charge is 0.255 e. The molecule has 1 aliphatic heterocycles. The maximum atomic E-state index is 14.3. The second kappa shape index (κ2) is 20.0. The van der Waals surface area contributed by atoms with Gasteiger partial charge in [0.25, 0.3) is 5.91 Å². The van der Waals surface area contributed by atoms with E-state index < -0.39 is 18.4 Å². The minimum atomic E-state index is -0.618. The van der Waals surface area contributed by atoms with E-state index in [-0.39, 0.29) is 55.3 Å². The zero-order valence-corrected chi connectivity index (χ0v) is 34.9. The third-order valence-corrected chi connectivity index (χ3v) is 9.79. The summed E-state index contributed by atoms with van der Waals surface area (Å²) >= 11 is 0. The molecule has 2 aromatic heterocycles. The van der Waals surface area contributed by atoms with Crippen molar-refractivity contribution >= 4 is 68.7 Å². The molecule has 62 heavy (non-hydrogen) atoms. The lowest BCUT2D eigenvalue weighted by atomic mass is 10.0. The minimum Gasteiger partial charge on any atom is -0.476 e. The number of hydrogen-bond acceptors (Lipinski definition) is 13. The van der Waals surface area contributed by atoms with E-state index in [1.165, 1.54) is 20.8 Å². The van der Waals surface area contributed by atoms with Crippen LogP contribution >= 0.6 is 0 Å². The molecule has 17 nitrogen and oxygen atoms in total. The number of nitrogens with zero attached hydrogens (tertiary/aromatic N) is 6. The van der Waals surface area contributed by atoms with Gasteiger partial charge < -0.3 is 34.9 Å². The fourth-order valence-corrected chi connectivity index (χ4v) is 6.76. The van der Waals surface area contributed by atoms with Crippen LogP contribution in [0.25, 0.3) is 44.1 Å². The SMILES string of the molecule is COCCOc1nc(N(C(=O)CNC(C)=O)c2nc(OCCN3CCOCC3)c3cc(-c4ccc(NC(C)=O)cc4)ccc3n2)nc2ccc(-c3ccc(NC(C)=O)cc3)cc12. The molecule has 3 heterocycles. The lowest BCUT2D eigenvalue weighted by Crippen LogP contribution is -2.39. The Bertz CT molecular complexity index is 2580. The number of hydrogen-bond donors (Lipinski definition) is 3. The first-order valence-corrected chi connectivity index (χ1v) is 20.1. The van der Waals surface area contributed by atoms with Gasteiger partial charge in [-0.15, -0.1) is 0 Å². The van der Waals surface area contributed by atoms with Crippen LogP contribution in [-0.2, 0) is 28.7 Å². The van der Waals surface area contributed by atoms with Crippen LogP contribution in [0.4, 0.5) is 23.3 Å². The third kappa shape index (κ3) is 10.8. The Kier molecular flexibility index (Phi) is 13.9. The van der Waals surface area contributed by atoms with E-state index in [4.69, 9.17) is 38.9 Å². The molecule has 7 rings (SSSR count). The minimum absolute atomic E-state index is 0.0836. The molecule has 0 radical (unpaired) electrons. The fraction of sp³-hybridized carbons (Fsp3) is 0.289. The van der Waals surface area contributed by atoms with Crippen molar-refractivity contribution in [2.75, 3.05) is 81.9 Å². The van der Waals surface area contributed by atoms with E-state index in [1.54, 1.807) is 13.2 Å². The largest absolute Gasteiger partial charge is 0.476 e. The van der Waals surface area contributed by atoms with Gasteiger partial charge in [0.1, 0.15) is 13.2 Å². The Labute approximate surface area is 357 Å². The molecule has 0 unspecified atom stereocenters. The highest BCUT2D eigenvalue weighted by molar-refractivity contribution is 6.02. The van der Waals surface area contributed by atoms with Gasteiger partial charge in [-0.1, -0.05) is 36.4 Å². The van der Waals surface area contributed by atoms with Crippen molar-refractivity contribution in [3.63, 3.8) is 0 Å². The van der Waals surface area contributed by atoms with Crippen LogP contribution in [0.5, 0.6) is 11.8 Å². The molecule has 3 N–H and O–H groups in total. The summed E-state index contributed by atoms with van der Waals surface area (Å²) in [6.45, 7) is 7.90. The summed E-state index contributed by atoms with van der Waals surface area (Å²) in [5, 5.41) is 9.30. The lowest BCUT2D eigenvalue weighted by molar-refractivity contribution is -0.123. The number of carbonyl (C=O) groups excluding carboxylic acids is 4. The first-order valence-electron chi connectivity index (χ1n) is 20.1. The molecule has 1 aliphatic rings. The second-order valence-corrected chi connectivity index (χ2v) is 14.4. The number of amides is 4. The summed E-state index contributed by atoms with van der Waals surface area (Å²) in [5.74, 6) is -1.15. The van der Waals surface area contributed by atoms with Crippen molar-refractivity contribution in [2.24, 2.45) is 0 Å². The van der Waals surface area contributed by atoms with Crippen LogP contribution in [0.2, 0.25) is 0 Å². The molecule has 1 fully saturated rings. The van der Waals surface area contributed by atoms with Gasteiger partial charge in [-0.05, 0) is 70.8 Å². The lowest BCUT2D eigenvalue weighted by Gasteiger charge is -2.26. The Balaban J connectivity index is 1.32. The zero-order valence-electron chi connectivity index (χ0n) is 34.9. The molecular formula is C45H47N9O8. The maximum Gasteiger partial charge on any atom is 0.255 e. The molecule has 1 saturated heterocycles. The molecule has 0 aliphatic carbocycles. The van der Waals surface area contributed by atoms with Gasteiger partial charge in [0.05, 0.1) is 48.2 Å². The van der Waals surface area contributed by atoms with E-state index in [9.17, 15) is 19.2 Å².